The van der Waals surface area contributed by atoms with Gasteiger partial charge in [0.15, 0.2) is 0 Å². The van der Waals surface area contributed by atoms with E-state index in [1.54, 1.807) is 6.92 Å². The number of nitrogens with zero attached hydrogens (tertiary/aromatic N) is 4. The second-order valence-electron chi connectivity index (χ2n) is 9.50. The van der Waals surface area contributed by atoms with Crippen molar-refractivity contribution in [3.05, 3.63) is 47.0 Å². The predicted molar refractivity (Wildman–Crippen MR) is 136 cm³/mol. The van der Waals surface area contributed by atoms with Crippen LogP contribution in [-0.4, -0.2) is 56.4 Å². The molecule has 210 valence electrons. The Labute approximate surface area is 226 Å². The molecule has 4 rings (SSSR count). The summed E-state index contributed by atoms with van der Waals surface area (Å²) in [5.41, 5.74) is 1.56. The summed E-state index contributed by atoms with van der Waals surface area (Å²) >= 11 is 5.92. The van der Waals surface area contributed by atoms with Crippen molar-refractivity contribution < 1.29 is 32.6 Å². The number of amides is 1. The van der Waals surface area contributed by atoms with Crippen LogP contribution in [0.15, 0.2) is 30.5 Å². The smallest absolute Gasteiger partial charge is 0.397 e. The van der Waals surface area contributed by atoms with Crippen molar-refractivity contribution in [1.82, 2.24) is 24.9 Å². The van der Waals surface area contributed by atoms with Gasteiger partial charge in [0.25, 0.3) is 5.78 Å². The summed E-state index contributed by atoms with van der Waals surface area (Å²) in [5, 5.41) is 18.8. The second-order valence-corrected chi connectivity index (χ2v) is 9.84. The molecule has 0 radical (unpaired) electrons. The number of carbonyl (C=O) groups is 2. The number of hydrogen-bond acceptors (Lipinski definition) is 7. The second kappa shape index (κ2) is 11.7. The molecule has 14 heteroatoms. The zero-order valence-electron chi connectivity index (χ0n) is 21.2. The lowest BCUT2D eigenvalue weighted by atomic mass is 9.81. The van der Waals surface area contributed by atoms with Crippen molar-refractivity contribution in [3.8, 4) is 0 Å². The molecular weight excluding hydrogens is 541 g/mol. The molecule has 0 saturated heterocycles. The third-order valence-corrected chi connectivity index (χ3v) is 7.19. The third-order valence-electron chi connectivity index (χ3n) is 7.03. The number of halogens is 4. The number of carbonyl (C=O) groups excluding carboxylic acids is 1. The highest BCUT2D eigenvalue weighted by atomic mass is 35.5. The molecule has 39 heavy (non-hydrogen) atoms. The van der Waals surface area contributed by atoms with E-state index in [1.807, 2.05) is 0 Å². The molecule has 10 nitrogen and oxygen atoms in total. The average Bonchev–Trinajstić information content (AvgIpc) is 3.28. The first-order chi connectivity index (χ1) is 18.5. The number of ether oxygens (including phenoxy) is 1. The number of rotatable bonds is 9. The van der Waals surface area contributed by atoms with Crippen molar-refractivity contribution in [2.45, 2.75) is 50.8 Å². The summed E-state index contributed by atoms with van der Waals surface area (Å²) in [6.45, 7) is 1.18. The van der Waals surface area contributed by atoms with Gasteiger partial charge in [-0.2, -0.15) is 22.7 Å². The molecule has 0 bridgehead atoms. The summed E-state index contributed by atoms with van der Waals surface area (Å²) < 4.78 is 48.7. The molecule has 3 aromatic rings. The molecule has 1 amide bonds. The normalized spacial score (nSPS) is 19.4. The number of nitrogens with one attached hydrogen (secondary N) is 2. The minimum atomic E-state index is -4.59. The van der Waals surface area contributed by atoms with Gasteiger partial charge in [-0.05, 0) is 61.9 Å². The average molecular weight is 569 g/mol. The molecular formula is C25H28ClF3N6O4. The largest absolute Gasteiger partial charge is 0.481 e. The Morgan fingerprint density at radius 3 is 2.41 bits per heavy atom. The van der Waals surface area contributed by atoms with Gasteiger partial charge >= 0.3 is 12.1 Å². The number of benzene rings is 1. The highest BCUT2D eigenvalue weighted by Crippen LogP contribution is 2.36. The van der Waals surface area contributed by atoms with Gasteiger partial charge in [0, 0.05) is 25.3 Å². The molecule has 3 N–H and O–H groups in total. The highest BCUT2D eigenvalue weighted by Gasteiger charge is 2.41. The fourth-order valence-corrected chi connectivity index (χ4v) is 4.90. The summed E-state index contributed by atoms with van der Waals surface area (Å²) in [7, 11) is 1.52. The number of fused-ring (bicyclic) bond motifs is 1. The molecule has 2 heterocycles. The molecule has 1 aromatic carbocycles. The molecule has 1 aliphatic rings. The van der Waals surface area contributed by atoms with E-state index in [1.165, 1.54) is 42.1 Å². The van der Waals surface area contributed by atoms with Crippen molar-refractivity contribution in [3.63, 3.8) is 0 Å². The van der Waals surface area contributed by atoms with Crippen LogP contribution in [-0.2, 0) is 14.3 Å². The van der Waals surface area contributed by atoms with Gasteiger partial charge in [0.2, 0.25) is 11.2 Å². The Bertz CT molecular complexity index is 1330. The van der Waals surface area contributed by atoms with Gasteiger partial charge in [0.1, 0.15) is 0 Å². The zero-order valence-corrected chi connectivity index (χ0v) is 22.0. The number of aromatic nitrogens is 4. The number of methoxy groups -OCH3 is 1. The van der Waals surface area contributed by atoms with Crippen LogP contribution in [0.2, 0.25) is 5.28 Å². The molecule has 0 aliphatic heterocycles. The topological polar surface area (TPSA) is 131 Å². The lowest BCUT2D eigenvalue weighted by Crippen LogP contribution is -2.39. The quantitative estimate of drug-likeness (QED) is 0.333. The number of hydrogen-bond donors (Lipinski definition) is 3. The van der Waals surface area contributed by atoms with E-state index in [4.69, 9.17) is 21.4 Å². The van der Waals surface area contributed by atoms with Crippen LogP contribution in [0, 0.1) is 11.8 Å². The third kappa shape index (κ3) is 6.59. The van der Waals surface area contributed by atoms with E-state index in [2.05, 4.69) is 25.7 Å². The van der Waals surface area contributed by atoms with Crippen LogP contribution >= 0.6 is 11.6 Å². The first-order valence-electron chi connectivity index (χ1n) is 12.4. The monoisotopic (exact) mass is 568 g/mol. The van der Waals surface area contributed by atoms with E-state index < -0.39 is 48.5 Å². The summed E-state index contributed by atoms with van der Waals surface area (Å²) in [4.78, 5) is 31.9. The van der Waals surface area contributed by atoms with E-state index in [-0.39, 0.29) is 16.6 Å². The Balaban J connectivity index is 1.47. The van der Waals surface area contributed by atoms with Crippen LogP contribution in [0.25, 0.3) is 5.78 Å². The van der Waals surface area contributed by atoms with Crippen molar-refractivity contribution in [1.29, 1.82) is 0 Å². The Morgan fingerprint density at radius 1 is 1.18 bits per heavy atom. The number of carboxylic acid groups (broad SMARTS) is 1. The van der Waals surface area contributed by atoms with Crippen LogP contribution < -0.4 is 10.6 Å². The fourth-order valence-electron chi connectivity index (χ4n) is 4.75. The maximum Gasteiger partial charge on any atom is 0.397 e. The molecule has 0 spiro atoms. The number of aliphatic carboxylic acids is 1. The van der Waals surface area contributed by atoms with Gasteiger partial charge in [-0.1, -0.05) is 12.1 Å². The first kappa shape index (κ1) is 28.6. The van der Waals surface area contributed by atoms with Crippen LogP contribution in [0.1, 0.15) is 55.9 Å². The number of anilines is 2. The Kier molecular flexibility index (Phi) is 8.60. The molecule has 0 unspecified atom stereocenters. The number of carboxylic acids is 1. The van der Waals surface area contributed by atoms with Crippen molar-refractivity contribution >= 4 is 40.6 Å². The molecule has 2 aromatic heterocycles. The van der Waals surface area contributed by atoms with Gasteiger partial charge in [-0.3, -0.25) is 9.59 Å². The standard InChI is InChI=1S/C25H28ClF3N6O4/c1-13(39-2)20-19(12-31-24-33-23(26)34-35(20)24)32-17-9-7-14(8-10-17)18(25(27,28)29)11-30-21(36)15-3-5-16(6-4-15)22(37)38/h7-10,12-13,15-16,18,32H,3-6,11H2,1-2H3,(H,30,36)(H,37,38)/t13-,15?,16?,18+/m0/s1. The summed E-state index contributed by atoms with van der Waals surface area (Å²) in [6, 6.07) is 5.70. The van der Waals surface area contributed by atoms with Crippen molar-refractivity contribution in [2.24, 2.45) is 11.8 Å². The van der Waals surface area contributed by atoms with E-state index in [9.17, 15) is 22.8 Å². The summed E-state index contributed by atoms with van der Waals surface area (Å²) in [6.07, 6.45) is -2.17. The Morgan fingerprint density at radius 2 is 1.82 bits per heavy atom. The van der Waals surface area contributed by atoms with Gasteiger partial charge in [-0.25, -0.2) is 4.98 Å². The van der Waals surface area contributed by atoms with E-state index in [0.717, 1.165) is 0 Å². The van der Waals surface area contributed by atoms with Crippen LogP contribution in [0.5, 0.6) is 0 Å². The van der Waals surface area contributed by atoms with Gasteiger partial charge < -0.3 is 20.5 Å². The SMILES string of the molecule is CO[C@@H](C)c1c(Nc2ccc([C@@H](CNC(=O)C3CCC(C(=O)O)CC3)C(F)(F)F)cc2)cnc2nc(Cl)nn12. The minimum Gasteiger partial charge on any atom is -0.481 e. The van der Waals surface area contributed by atoms with Crippen LogP contribution in [0.4, 0.5) is 24.5 Å². The molecule has 1 saturated carbocycles. The van der Waals surface area contributed by atoms with Crippen molar-refractivity contribution in [2.75, 3.05) is 19.0 Å². The lowest BCUT2D eigenvalue weighted by Gasteiger charge is -2.27. The molecule has 2 atom stereocenters. The zero-order chi connectivity index (χ0) is 28.3. The lowest BCUT2D eigenvalue weighted by molar-refractivity contribution is -0.151. The fraction of sp³-hybridized carbons (Fsp3) is 0.480. The molecule has 1 aliphatic carbocycles. The highest BCUT2D eigenvalue weighted by molar-refractivity contribution is 6.28. The van der Waals surface area contributed by atoms with E-state index in [0.29, 0.717) is 42.8 Å². The van der Waals surface area contributed by atoms with Gasteiger partial charge in [-0.15, -0.1) is 5.10 Å². The predicted octanol–water partition coefficient (Wildman–Crippen LogP) is 4.88. The van der Waals surface area contributed by atoms with Gasteiger partial charge in [0.05, 0.1) is 35.5 Å². The minimum absolute atomic E-state index is 0.00628. The number of alkyl halides is 3. The maximum absolute atomic E-state index is 13.9. The summed E-state index contributed by atoms with van der Waals surface area (Å²) in [5.74, 6) is -4.04. The first-order valence-corrected chi connectivity index (χ1v) is 12.7. The maximum atomic E-state index is 13.9. The van der Waals surface area contributed by atoms with E-state index >= 15 is 0 Å². The molecule has 1 fully saturated rings. The Hall–Kier alpha value is -3.45. The van der Waals surface area contributed by atoms with Crippen LogP contribution in [0.3, 0.4) is 0 Å².